The molecule has 0 fully saturated rings. The standard InChI is InChI=1S/C24H21N3O3S/c28-27-20-13-23(21-14-24-17(15-26-21)7-11-31-24)30-22-4-3-18(12-19(20)22)29-10-1-2-16-5-8-25-9-6-16/h3-5,7-9,11-16,28H,1-2,6,10H2/b27-20+. The molecular weight excluding hydrogens is 410 g/mol. The molecule has 156 valence electrons. The van der Waals surface area contributed by atoms with Crippen molar-refractivity contribution in [3.05, 3.63) is 65.6 Å². The lowest BCUT2D eigenvalue weighted by Gasteiger charge is -2.12. The summed E-state index contributed by atoms with van der Waals surface area (Å²) in [5.74, 6) is 1.81. The van der Waals surface area contributed by atoms with Crippen molar-refractivity contribution in [2.45, 2.75) is 19.3 Å². The molecule has 0 bridgehead atoms. The highest BCUT2D eigenvalue weighted by atomic mass is 32.1. The molecule has 0 radical (unpaired) electrons. The Bertz CT molecular complexity index is 1350. The van der Waals surface area contributed by atoms with E-state index in [4.69, 9.17) is 9.15 Å². The number of allylic oxidation sites excluding steroid dienone is 1. The predicted octanol–water partition coefficient (Wildman–Crippen LogP) is 5.76. The van der Waals surface area contributed by atoms with Crippen LogP contribution >= 0.6 is 11.3 Å². The van der Waals surface area contributed by atoms with E-state index in [1.807, 2.05) is 54.3 Å². The van der Waals surface area contributed by atoms with Gasteiger partial charge in [-0.1, -0.05) is 11.2 Å². The molecule has 4 heterocycles. The van der Waals surface area contributed by atoms with Gasteiger partial charge in [0.1, 0.15) is 22.4 Å². The van der Waals surface area contributed by atoms with Crippen molar-refractivity contribution in [2.75, 3.05) is 6.61 Å². The summed E-state index contributed by atoms with van der Waals surface area (Å²) in [5.41, 5.74) is 1.31. The number of pyridine rings is 1. The first-order valence-electron chi connectivity index (χ1n) is 10.2. The zero-order chi connectivity index (χ0) is 21.0. The zero-order valence-electron chi connectivity index (χ0n) is 16.8. The summed E-state index contributed by atoms with van der Waals surface area (Å²) in [6.45, 7) is 0.624. The molecule has 3 aromatic heterocycles. The van der Waals surface area contributed by atoms with Gasteiger partial charge in [0.05, 0.1) is 12.0 Å². The molecule has 1 aliphatic heterocycles. The number of thiophene rings is 1. The third kappa shape index (κ3) is 4.22. The Kier molecular flexibility index (Phi) is 5.50. The first kappa shape index (κ1) is 19.5. The van der Waals surface area contributed by atoms with Gasteiger partial charge in [0.15, 0.2) is 5.76 Å². The third-order valence-electron chi connectivity index (χ3n) is 5.36. The number of hydrogen-bond donors (Lipinski definition) is 1. The monoisotopic (exact) mass is 431 g/mol. The van der Waals surface area contributed by atoms with E-state index in [1.165, 1.54) is 0 Å². The predicted molar refractivity (Wildman–Crippen MR) is 123 cm³/mol. The van der Waals surface area contributed by atoms with E-state index in [0.29, 0.717) is 40.3 Å². The molecule has 31 heavy (non-hydrogen) atoms. The summed E-state index contributed by atoms with van der Waals surface area (Å²) >= 11 is 1.65. The fourth-order valence-electron chi connectivity index (χ4n) is 3.69. The van der Waals surface area contributed by atoms with E-state index in [1.54, 1.807) is 17.4 Å². The Balaban J connectivity index is 1.35. The lowest BCUT2D eigenvalue weighted by molar-refractivity contribution is 0.299. The average molecular weight is 432 g/mol. The number of benzene rings is 1. The van der Waals surface area contributed by atoms with Gasteiger partial charge in [-0.15, -0.1) is 11.3 Å². The summed E-state index contributed by atoms with van der Waals surface area (Å²) < 4.78 is 13.1. The molecule has 1 unspecified atom stereocenters. The van der Waals surface area contributed by atoms with Crippen LogP contribution in [0.5, 0.6) is 5.75 Å². The number of nitrogens with zero attached hydrogens (tertiary/aromatic N) is 3. The molecule has 0 spiro atoms. The van der Waals surface area contributed by atoms with E-state index < -0.39 is 0 Å². The fraction of sp³-hybridized carbons (Fsp3) is 0.208. The van der Waals surface area contributed by atoms with Crippen LogP contribution in [0, 0.1) is 5.92 Å². The lowest BCUT2D eigenvalue weighted by atomic mass is 9.99. The number of rotatable bonds is 6. The third-order valence-corrected chi connectivity index (χ3v) is 6.24. The molecule has 5 rings (SSSR count). The highest BCUT2D eigenvalue weighted by Gasteiger charge is 2.11. The molecule has 0 saturated carbocycles. The van der Waals surface area contributed by atoms with Gasteiger partial charge in [0.2, 0.25) is 0 Å². The molecule has 4 aromatic rings. The van der Waals surface area contributed by atoms with Crippen LogP contribution in [-0.4, -0.2) is 23.0 Å². The van der Waals surface area contributed by atoms with Gasteiger partial charge in [0.25, 0.3) is 0 Å². The largest absolute Gasteiger partial charge is 0.494 e. The van der Waals surface area contributed by atoms with Gasteiger partial charge >= 0.3 is 0 Å². The van der Waals surface area contributed by atoms with Gasteiger partial charge in [-0.05, 0) is 60.9 Å². The molecule has 0 saturated heterocycles. The molecular formula is C24H21N3O3S. The maximum atomic E-state index is 9.60. The van der Waals surface area contributed by atoms with Gasteiger partial charge in [-0.3, -0.25) is 9.98 Å². The van der Waals surface area contributed by atoms with E-state index >= 15 is 0 Å². The molecule has 7 heteroatoms. The Morgan fingerprint density at radius 3 is 3.06 bits per heavy atom. The van der Waals surface area contributed by atoms with Crippen LogP contribution in [0.25, 0.3) is 32.5 Å². The minimum absolute atomic E-state index is 0.418. The zero-order valence-corrected chi connectivity index (χ0v) is 17.6. The molecule has 0 aliphatic carbocycles. The number of hydrogen-bond acceptors (Lipinski definition) is 7. The van der Waals surface area contributed by atoms with Crippen LogP contribution in [0.15, 0.2) is 74.8 Å². The maximum Gasteiger partial charge on any atom is 0.155 e. The number of ether oxygens (including phenoxy) is 1. The van der Waals surface area contributed by atoms with E-state index in [2.05, 4.69) is 21.2 Å². The highest BCUT2D eigenvalue weighted by molar-refractivity contribution is 7.17. The van der Waals surface area contributed by atoms with Crippen molar-refractivity contribution >= 4 is 38.6 Å². The Morgan fingerprint density at radius 2 is 2.19 bits per heavy atom. The van der Waals surface area contributed by atoms with Crippen molar-refractivity contribution in [2.24, 2.45) is 16.1 Å². The van der Waals surface area contributed by atoms with Crippen molar-refractivity contribution < 1.29 is 14.4 Å². The Labute approximate surface area is 182 Å². The van der Waals surface area contributed by atoms with Gasteiger partial charge in [-0.2, -0.15) is 0 Å². The second-order valence-corrected chi connectivity index (χ2v) is 8.39. The number of fused-ring (bicyclic) bond motifs is 2. The fourth-order valence-corrected chi connectivity index (χ4v) is 4.49. The summed E-state index contributed by atoms with van der Waals surface area (Å²) in [6, 6.07) is 11.3. The van der Waals surface area contributed by atoms with Crippen molar-refractivity contribution in [3.8, 4) is 17.2 Å². The van der Waals surface area contributed by atoms with E-state index in [9.17, 15) is 5.21 Å². The summed E-state index contributed by atoms with van der Waals surface area (Å²) in [4.78, 5) is 8.60. The molecule has 6 nitrogen and oxygen atoms in total. The van der Waals surface area contributed by atoms with Crippen molar-refractivity contribution in [3.63, 3.8) is 0 Å². The molecule has 1 atom stereocenters. The van der Waals surface area contributed by atoms with Crippen LogP contribution in [0.2, 0.25) is 0 Å². The smallest absolute Gasteiger partial charge is 0.155 e. The minimum Gasteiger partial charge on any atom is -0.494 e. The second kappa shape index (κ2) is 8.73. The summed E-state index contributed by atoms with van der Waals surface area (Å²) in [7, 11) is 0. The van der Waals surface area contributed by atoms with Crippen LogP contribution in [0.4, 0.5) is 0 Å². The summed E-state index contributed by atoms with van der Waals surface area (Å²) in [6.07, 6.45) is 10.8. The quantitative estimate of drug-likeness (QED) is 0.239. The van der Waals surface area contributed by atoms with Crippen LogP contribution in [-0.2, 0) is 0 Å². The molecule has 0 amide bonds. The van der Waals surface area contributed by atoms with Gasteiger partial charge in [0, 0.05) is 34.8 Å². The highest BCUT2D eigenvalue weighted by Crippen LogP contribution is 2.28. The Morgan fingerprint density at radius 1 is 1.23 bits per heavy atom. The number of aromatic nitrogens is 1. The SMILES string of the molecule is O/N=c1\cc(-c2cc3sccc3cn2)oc2ccc(OCCCC3C=CN=CC3)cc12. The normalized spacial score (nSPS) is 16.4. The van der Waals surface area contributed by atoms with Crippen LogP contribution in [0.3, 0.4) is 0 Å². The second-order valence-electron chi connectivity index (χ2n) is 7.44. The maximum absolute atomic E-state index is 9.60. The van der Waals surface area contributed by atoms with Gasteiger partial charge in [-0.25, -0.2) is 0 Å². The first-order valence-corrected chi connectivity index (χ1v) is 11.1. The van der Waals surface area contributed by atoms with Crippen molar-refractivity contribution in [1.82, 2.24) is 4.98 Å². The lowest BCUT2D eigenvalue weighted by Crippen LogP contribution is -2.06. The molecule has 1 aliphatic rings. The molecule has 1 aromatic carbocycles. The summed E-state index contributed by atoms with van der Waals surface area (Å²) in [5, 5.41) is 17.3. The minimum atomic E-state index is 0.418. The van der Waals surface area contributed by atoms with Gasteiger partial charge < -0.3 is 14.4 Å². The molecule has 1 N–H and O–H groups in total. The van der Waals surface area contributed by atoms with Crippen LogP contribution in [0.1, 0.15) is 19.3 Å². The van der Waals surface area contributed by atoms with E-state index in [0.717, 1.165) is 35.1 Å². The van der Waals surface area contributed by atoms with E-state index in [-0.39, 0.29) is 0 Å². The Hall–Kier alpha value is -3.45. The first-order chi connectivity index (χ1) is 15.3. The topological polar surface area (TPSA) is 80.2 Å². The van der Waals surface area contributed by atoms with Crippen LogP contribution < -0.4 is 10.1 Å². The average Bonchev–Trinajstić information content (AvgIpc) is 3.30. The number of aliphatic imine (C=N–C) groups is 1. The van der Waals surface area contributed by atoms with Crippen molar-refractivity contribution in [1.29, 1.82) is 0 Å².